The van der Waals surface area contributed by atoms with Crippen molar-refractivity contribution in [1.82, 2.24) is 20.3 Å². The van der Waals surface area contributed by atoms with Gasteiger partial charge in [0.05, 0.1) is 30.0 Å². The van der Waals surface area contributed by atoms with Crippen molar-refractivity contribution in [2.45, 2.75) is 26.4 Å². The first-order valence-corrected chi connectivity index (χ1v) is 6.48. The number of non-ortho nitro benzene ring substituents is 1. The number of aromatic nitrogens is 3. The smallest absolute Gasteiger partial charge is 0.273 e. The molecule has 0 aliphatic rings. The van der Waals surface area contributed by atoms with Crippen molar-refractivity contribution in [3.05, 3.63) is 40.2 Å². The van der Waals surface area contributed by atoms with E-state index in [0.29, 0.717) is 24.0 Å². The maximum atomic E-state index is 10.8. The molecule has 0 fully saturated rings. The average Bonchev–Trinajstić information content (AvgIpc) is 2.93. The molecule has 0 aliphatic carbocycles. The van der Waals surface area contributed by atoms with Gasteiger partial charge in [0.15, 0.2) is 5.75 Å². The highest BCUT2D eigenvalue weighted by atomic mass is 16.6. The molecule has 1 heterocycles. The van der Waals surface area contributed by atoms with Gasteiger partial charge in [0, 0.05) is 18.7 Å². The second-order valence-electron chi connectivity index (χ2n) is 4.80. The molecule has 0 unspecified atom stereocenters. The summed E-state index contributed by atoms with van der Waals surface area (Å²) in [6.45, 7) is 4.69. The summed E-state index contributed by atoms with van der Waals surface area (Å²) in [5.74, 6) is 0.373. The van der Waals surface area contributed by atoms with E-state index in [-0.39, 0.29) is 5.69 Å². The summed E-state index contributed by atoms with van der Waals surface area (Å²) in [5.41, 5.74) is 1.35. The third kappa shape index (κ3) is 3.54. The molecule has 1 aromatic carbocycles. The van der Waals surface area contributed by atoms with Crippen molar-refractivity contribution in [2.24, 2.45) is 0 Å². The first-order chi connectivity index (χ1) is 10.0. The summed E-state index contributed by atoms with van der Waals surface area (Å²) < 4.78 is 6.73. The van der Waals surface area contributed by atoms with E-state index in [2.05, 4.69) is 15.6 Å². The largest absolute Gasteiger partial charge is 0.494 e. The van der Waals surface area contributed by atoms with Crippen LogP contribution in [0.1, 0.15) is 19.5 Å². The molecule has 1 aromatic heterocycles. The molecule has 0 atom stereocenters. The number of hydrogen-bond acceptors (Lipinski definition) is 6. The van der Waals surface area contributed by atoms with Crippen LogP contribution in [0.4, 0.5) is 5.69 Å². The fourth-order valence-corrected chi connectivity index (χ4v) is 1.77. The number of ether oxygens (including phenoxy) is 1. The van der Waals surface area contributed by atoms with E-state index < -0.39 is 4.92 Å². The zero-order valence-corrected chi connectivity index (χ0v) is 12.1. The van der Waals surface area contributed by atoms with Gasteiger partial charge in [-0.2, -0.15) is 0 Å². The van der Waals surface area contributed by atoms with Gasteiger partial charge < -0.3 is 10.1 Å². The molecule has 0 saturated heterocycles. The number of hydrogen-bond donors (Lipinski definition) is 1. The van der Waals surface area contributed by atoms with Gasteiger partial charge in [-0.1, -0.05) is 19.1 Å². The quantitative estimate of drug-likeness (QED) is 0.642. The van der Waals surface area contributed by atoms with Crippen LogP contribution < -0.4 is 10.1 Å². The minimum absolute atomic E-state index is 0.0302. The SMILES string of the molecule is COc1cc([N+](=O)[O-])ccc1-n1cc(CNC(C)C)nn1. The van der Waals surface area contributed by atoms with E-state index >= 15 is 0 Å². The average molecular weight is 291 g/mol. The lowest BCUT2D eigenvalue weighted by atomic mass is 10.2. The van der Waals surface area contributed by atoms with Crippen molar-refractivity contribution >= 4 is 5.69 Å². The van der Waals surface area contributed by atoms with Crippen LogP contribution in [-0.4, -0.2) is 33.1 Å². The molecule has 0 saturated carbocycles. The molecule has 2 rings (SSSR count). The Labute approximate surface area is 121 Å². The third-order valence-electron chi connectivity index (χ3n) is 2.85. The third-order valence-corrected chi connectivity index (χ3v) is 2.85. The molecule has 0 bridgehead atoms. The first kappa shape index (κ1) is 14.9. The molecule has 21 heavy (non-hydrogen) atoms. The Balaban J connectivity index is 2.27. The van der Waals surface area contributed by atoms with Crippen molar-refractivity contribution < 1.29 is 9.66 Å². The predicted octanol–water partition coefficient (Wildman–Crippen LogP) is 1.68. The van der Waals surface area contributed by atoms with Crippen LogP contribution in [-0.2, 0) is 6.54 Å². The van der Waals surface area contributed by atoms with Crippen molar-refractivity contribution in [1.29, 1.82) is 0 Å². The Morgan fingerprint density at radius 2 is 2.24 bits per heavy atom. The van der Waals surface area contributed by atoms with E-state index in [9.17, 15) is 10.1 Å². The van der Waals surface area contributed by atoms with Gasteiger partial charge in [0.1, 0.15) is 5.69 Å². The van der Waals surface area contributed by atoms with Crippen LogP contribution in [0.15, 0.2) is 24.4 Å². The van der Waals surface area contributed by atoms with Crippen LogP contribution in [0.25, 0.3) is 5.69 Å². The van der Waals surface area contributed by atoms with E-state index in [1.54, 1.807) is 16.9 Å². The van der Waals surface area contributed by atoms with Crippen molar-refractivity contribution in [3.8, 4) is 11.4 Å². The highest BCUT2D eigenvalue weighted by Gasteiger charge is 2.14. The molecule has 0 radical (unpaired) electrons. The number of methoxy groups -OCH3 is 1. The topological polar surface area (TPSA) is 95.1 Å². The summed E-state index contributed by atoms with van der Waals surface area (Å²) in [6.07, 6.45) is 1.76. The van der Waals surface area contributed by atoms with Gasteiger partial charge in [-0.15, -0.1) is 5.10 Å². The predicted molar refractivity (Wildman–Crippen MR) is 76.5 cm³/mol. The van der Waals surface area contributed by atoms with Gasteiger partial charge in [0.2, 0.25) is 0 Å². The first-order valence-electron chi connectivity index (χ1n) is 6.48. The summed E-state index contributed by atoms with van der Waals surface area (Å²) in [6, 6.07) is 4.71. The molecule has 2 aromatic rings. The Bertz CT molecular complexity index is 638. The van der Waals surface area contributed by atoms with E-state index in [1.165, 1.54) is 19.2 Å². The van der Waals surface area contributed by atoms with Crippen LogP contribution in [0, 0.1) is 10.1 Å². The number of rotatable bonds is 6. The number of benzene rings is 1. The fraction of sp³-hybridized carbons (Fsp3) is 0.385. The number of nitrogens with one attached hydrogen (secondary N) is 1. The molecule has 1 N–H and O–H groups in total. The number of nitro groups is 1. The maximum absolute atomic E-state index is 10.8. The molecule has 0 aliphatic heterocycles. The lowest BCUT2D eigenvalue weighted by molar-refractivity contribution is -0.384. The standard InChI is InChI=1S/C13H17N5O3/c1-9(2)14-7-10-8-17(16-15-10)12-5-4-11(18(19)20)6-13(12)21-3/h4-6,8-9,14H,7H2,1-3H3. The van der Waals surface area contributed by atoms with Crippen LogP contribution in [0.3, 0.4) is 0 Å². The Hall–Kier alpha value is -2.48. The minimum Gasteiger partial charge on any atom is -0.494 e. The van der Waals surface area contributed by atoms with E-state index in [1.807, 2.05) is 13.8 Å². The zero-order valence-electron chi connectivity index (χ0n) is 12.1. The Morgan fingerprint density at radius 3 is 2.86 bits per heavy atom. The minimum atomic E-state index is -0.467. The second-order valence-corrected chi connectivity index (χ2v) is 4.80. The van der Waals surface area contributed by atoms with Gasteiger partial charge in [0.25, 0.3) is 5.69 Å². The van der Waals surface area contributed by atoms with Gasteiger partial charge in [-0.05, 0) is 6.07 Å². The summed E-state index contributed by atoms with van der Waals surface area (Å²) in [7, 11) is 1.46. The zero-order chi connectivity index (χ0) is 15.4. The van der Waals surface area contributed by atoms with Crippen molar-refractivity contribution in [3.63, 3.8) is 0 Å². The number of nitrogens with zero attached hydrogens (tertiary/aromatic N) is 4. The summed E-state index contributed by atoms with van der Waals surface area (Å²) in [4.78, 5) is 10.3. The van der Waals surface area contributed by atoms with Crippen LogP contribution in [0.2, 0.25) is 0 Å². The summed E-state index contributed by atoms with van der Waals surface area (Å²) >= 11 is 0. The van der Waals surface area contributed by atoms with Crippen molar-refractivity contribution in [2.75, 3.05) is 7.11 Å². The fourth-order valence-electron chi connectivity index (χ4n) is 1.77. The summed E-state index contributed by atoms with van der Waals surface area (Å²) in [5, 5.41) is 22.1. The van der Waals surface area contributed by atoms with Crippen LogP contribution >= 0.6 is 0 Å². The highest BCUT2D eigenvalue weighted by molar-refractivity contribution is 5.52. The highest BCUT2D eigenvalue weighted by Crippen LogP contribution is 2.27. The second kappa shape index (κ2) is 6.31. The lowest BCUT2D eigenvalue weighted by Gasteiger charge is -2.07. The van der Waals surface area contributed by atoms with Crippen LogP contribution in [0.5, 0.6) is 5.75 Å². The molecular formula is C13H17N5O3. The molecular weight excluding hydrogens is 274 g/mol. The Morgan fingerprint density at radius 1 is 1.48 bits per heavy atom. The van der Waals surface area contributed by atoms with Gasteiger partial charge in [-0.3, -0.25) is 10.1 Å². The lowest BCUT2D eigenvalue weighted by Crippen LogP contribution is -2.21. The van der Waals surface area contributed by atoms with E-state index in [0.717, 1.165) is 5.69 Å². The normalized spacial score (nSPS) is 10.9. The molecule has 8 nitrogen and oxygen atoms in total. The monoisotopic (exact) mass is 291 g/mol. The number of nitro benzene ring substituents is 1. The van der Waals surface area contributed by atoms with Gasteiger partial charge >= 0.3 is 0 Å². The molecule has 112 valence electrons. The van der Waals surface area contributed by atoms with Gasteiger partial charge in [-0.25, -0.2) is 4.68 Å². The Kier molecular flexibility index (Phi) is 4.49. The molecule has 0 amide bonds. The molecule has 0 spiro atoms. The molecule has 8 heteroatoms. The maximum Gasteiger partial charge on any atom is 0.273 e. The van der Waals surface area contributed by atoms with E-state index in [4.69, 9.17) is 4.74 Å².